The second-order valence-electron chi connectivity index (χ2n) is 3.54. The Morgan fingerprint density at radius 2 is 2.07 bits per heavy atom. The lowest BCUT2D eigenvalue weighted by Gasteiger charge is -2.04. The van der Waals surface area contributed by atoms with Crippen LogP contribution in [-0.4, -0.2) is 11.8 Å². The first-order valence-electron chi connectivity index (χ1n) is 5.05. The average molecular weight is 201 g/mol. The average Bonchev–Trinajstić information content (AvgIpc) is 2.72. The van der Waals surface area contributed by atoms with Gasteiger partial charge in [-0.2, -0.15) is 0 Å². The van der Waals surface area contributed by atoms with E-state index in [9.17, 15) is 0 Å². The van der Waals surface area contributed by atoms with Gasteiger partial charge in [0.1, 0.15) is 0 Å². The smallest absolute Gasteiger partial charge is 0.231 e. The van der Waals surface area contributed by atoms with Crippen LogP contribution >= 0.6 is 0 Å². The van der Waals surface area contributed by atoms with E-state index in [1.807, 2.05) is 24.4 Å². The van der Waals surface area contributed by atoms with Crippen molar-refractivity contribution in [2.24, 2.45) is 0 Å². The minimum atomic E-state index is 0.320. The molecule has 2 heterocycles. The highest BCUT2D eigenvalue weighted by Gasteiger charge is 2.15. The summed E-state index contributed by atoms with van der Waals surface area (Å²) in [6.45, 7) is 2.42. The van der Waals surface area contributed by atoms with E-state index in [1.165, 1.54) is 0 Å². The number of hydrogen-bond acceptors (Lipinski definition) is 3. The highest BCUT2D eigenvalue weighted by atomic mass is 16.7. The molecule has 3 heteroatoms. The predicted molar refractivity (Wildman–Crippen MR) is 57.2 cm³/mol. The van der Waals surface area contributed by atoms with Crippen LogP contribution in [0.4, 0.5) is 0 Å². The van der Waals surface area contributed by atoms with Gasteiger partial charge in [0.05, 0.1) is 0 Å². The SMILES string of the molecule is CCc1nccc2cc3c(cc12)OCO3. The van der Waals surface area contributed by atoms with Gasteiger partial charge in [0.2, 0.25) is 6.79 Å². The maximum atomic E-state index is 5.36. The van der Waals surface area contributed by atoms with E-state index in [1.54, 1.807) is 0 Å². The number of aryl methyl sites for hydroxylation is 1. The van der Waals surface area contributed by atoms with Gasteiger partial charge in [0.15, 0.2) is 11.5 Å². The zero-order valence-corrected chi connectivity index (χ0v) is 8.49. The van der Waals surface area contributed by atoms with Crippen molar-refractivity contribution in [1.29, 1.82) is 0 Å². The molecule has 0 atom stereocenters. The van der Waals surface area contributed by atoms with Crippen LogP contribution in [-0.2, 0) is 6.42 Å². The first-order valence-corrected chi connectivity index (χ1v) is 5.05. The highest BCUT2D eigenvalue weighted by Crippen LogP contribution is 2.36. The fourth-order valence-corrected chi connectivity index (χ4v) is 1.90. The Hall–Kier alpha value is -1.77. The molecule has 3 nitrogen and oxygen atoms in total. The van der Waals surface area contributed by atoms with Crippen molar-refractivity contribution < 1.29 is 9.47 Å². The Morgan fingerprint density at radius 1 is 1.27 bits per heavy atom. The molecule has 2 aromatic rings. The zero-order valence-electron chi connectivity index (χ0n) is 8.49. The van der Waals surface area contributed by atoms with Crippen LogP contribution in [0.1, 0.15) is 12.6 Å². The van der Waals surface area contributed by atoms with E-state index in [2.05, 4.69) is 11.9 Å². The maximum Gasteiger partial charge on any atom is 0.231 e. The van der Waals surface area contributed by atoms with Gasteiger partial charge in [-0.3, -0.25) is 4.98 Å². The molecular weight excluding hydrogens is 190 g/mol. The molecule has 0 fully saturated rings. The van der Waals surface area contributed by atoms with Crippen LogP contribution in [0.5, 0.6) is 11.5 Å². The molecule has 0 unspecified atom stereocenters. The Morgan fingerprint density at radius 3 is 2.87 bits per heavy atom. The number of pyridine rings is 1. The lowest BCUT2D eigenvalue weighted by Crippen LogP contribution is -1.92. The Kier molecular flexibility index (Phi) is 1.78. The number of ether oxygens (including phenoxy) is 2. The standard InChI is InChI=1S/C12H11NO2/c1-2-10-9-6-12-11(14-7-15-12)5-8(9)3-4-13-10/h3-6H,2,7H2,1H3. The molecule has 0 amide bonds. The fourth-order valence-electron chi connectivity index (χ4n) is 1.90. The van der Waals surface area contributed by atoms with Crippen molar-refractivity contribution in [2.75, 3.05) is 6.79 Å². The quantitative estimate of drug-likeness (QED) is 0.710. The predicted octanol–water partition coefficient (Wildman–Crippen LogP) is 2.53. The summed E-state index contributed by atoms with van der Waals surface area (Å²) in [5, 5.41) is 2.32. The first kappa shape index (κ1) is 8.53. The molecule has 1 aromatic carbocycles. The number of fused-ring (bicyclic) bond motifs is 2. The number of nitrogens with zero attached hydrogens (tertiary/aromatic N) is 1. The summed E-state index contributed by atoms with van der Waals surface area (Å²) < 4.78 is 10.7. The van der Waals surface area contributed by atoms with Crippen molar-refractivity contribution in [3.05, 3.63) is 30.1 Å². The van der Waals surface area contributed by atoms with Crippen LogP contribution in [0.3, 0.4) is 0 Å². The van der Waals surface area contributed by atoms with Gasteiger partial charge in [0.25, 0.3) is 0 Å². The van der Waals surface area contributed by atoms with E-state index in [4.69, 9.17) is 9.47 Å². The van der Waals surface area contributed by atoms with Crippen LogP contribution in [0.15, 0.2) is 24.4 Å². The summed E-state index contributed by atoms with van der Waals surface area (Å²) in [5.74, 6) is 1.65. The molecule has 0 aliphatic carbocycles. The molecule has 0 saturated carbocycles. The lowest BCUT2D eigenvalue weighted by molar-refractivity contribution is 0.174. The van der Waals surface area contributed by atoms with E-state index in [0.29, 0.717) is 6.79 Å². The summed E-state index contributed by atoms with van der Waals surface area (Å²) in [6.07, 6.45) is 2.76. The van der Waals surface area contributed by atoms with Gasteiger partial charge in [-0.05, 0) is 30.0 Å². The van der Waals surface area contributed by atoms with Crippen LogP contribution in [0.2, 0.25) is 0 Å². The Bertz CT molecular complexity index is 522. The number of benzene rings is 1. The van der Waals surface area contributed by atoms with Crippen molar-refractivity contribution in [3.8, 4) is 11.5 Å². The molecule has 15 heavy (non-hydrogen) atoms. The van der Waals surface area contributed by atoms with Gasteiger partial charge in [-0.15, -0.1) is 0 Å². The van der Waals surface area contributed by atoms with E-state index >= 15 is 0 Å². The summed E-state index contributed by atoms with van der Waals surface area (Å²) in [7, 11) is 0. The third kappa shape index (κ3) is 1.23. The second-order valence-corrected chi connectivity index (χ2v) is 3.54. The number of aromatic nitrogens is 1. The fraction of sp³-hybridized carbons (Fsp3) is 0.250. The summed E-state index contributed by atoms with van der Waals surface area (Å²) >= 11 is 0. The monoisotopic (exact) mass is 201 g/mol. The molecular formula is C12H11NO2. The third-order valence-corrected chi connectivity index (χ3v) is 2.67. The molecule has 0 saturated heterocycles. The third-order valence-electron chi connectivity index (χ3n) is 2.67. The lowest BCUT2D eigenvalue weighted by atomic mass is 10.1. The number of hydrogen-bond donors (Lipinski definition) is 0. The zero-order chi connectivity index (χ0) is 10.3. The van der Waals surface area contributed by atoms with Crippen LogP contribution in [0.25, 0.3) is 10.8 Å². The summed E-state index contributed by atoms with van der Waals surface area (Å²) in [4.78, 5) is 4.35. The second kappa shape index (κ2) is 3.12. The molecule has 0 bridgehead atoms. The van der Waals surface area contributed by atoms with E-state index in [0.717, 1.165) is 34.4 Å². The first-order chi connectivity index (χ1) is 7.38. The largest absolute Gasteiger partial charge is 0.454 e. The van der Waals surface area contributed by atoms with E-state index in [-0.39, 0.29) is 0 Å². The molecule has 1 aliphatic heterocycles. The van der Waals surface area contributed by atoms with Gasteiger partial charge in [0, 0.05) is 17.3 Å². The minimum Gasteiger partial charge on any atom is -0.454 e. The van der Waals surface area contributed by atoms with Crippen molar-refractivity contribution in [1.82, 2.24) is 4.98 Å². The summed E-state index contributed by atoms with van der Waals surface area (Å²) in [5.41, 5.74) is 1.10. The molecule has 0 N–H and O–H groups in total. The molecule has 76 valence electrons. The van der Waals surface area contributed by atoms with Gasteiger partial charge in [-0.25, -0.2) is 0 Å². The topological polar surface area (TPSA) is 31.4 Å². The Balaban J connectivity index is 2.33. The van der Waals surface area contributed by atoms with Crippen LogP contribution < -0.4 is 9.47 Å². The summed E-state index contributed by atoms with van der Waals surface area (Å²) in [6, 6.07) is 6.03. The van der Waals surface area contributed by atoms with Gasteiger partial charge in [-0.1, -0.05) is 6.92 Å². The van der Waals surface area contributed by atoms with Gasteiger partial charge >= 0.3 is 0 Å². The normalized spacial score (nSPS) is 13.4. The van der Waals surface area contributed by atoms with Gasteiger partial charge < -0.3 is 9.47 Å². The highest BCUT2D eigenvalue weighted by molar-refractivity contribution is 5.88. The molecule has 0 radical (unpaired) electrons. The van der Waals surface area contributed by atoms with Crippen LogP contribution in [0, 0.1) is 0 Å². The molecule has 1 aromatic heterocycles. The van der Waals surface area contributed by atoms with E-state index < -0.39 is 0 Å². The Labute approximate surface area is 87.6 Å². The molecule has 1 aliphatic rings. The minimum absolute atomic E-state index is 0.320. The molecule has 3 rings (SSSR count). The van der Waals surface area contributed by atoms with Crippen molar-refractivity contribution >= 4 is 10.8 Å². The maximum absolute atomic E-state index is 5.36. The van der Waals surface area contributed by atoms with Crippen molar-refractivity contribution in [2.45, 2.75) is 13.3 Å². The van der Waals surface area contributed by atoms with Crippen molar-refractivity contribution in [3.63, 3.8) is 0 Å². The number of rotatable bonds is 1. The molecule has 0 spiro atoms.